The molecule has 0 unspecified atom stereocenters. The van der Waals surface area contributed by atoms with Gasteiger partial charge in [0.25, 0.3) is 5.91 Å². The summed E-state index contributed by atoms with van der Waals surface area (Å²) in [6.45, 7) is 0. The molecule has 1 aliphatic rings. The molecule has 1 aromatic heterocycles. The number of anilines is 1. The Morgan fingerprint density at radius 1 is 1.39 bits per heavy atom. The zero-order chi connectivity index (χ0) is 16.6. The molecular formula is C15H15ClN4O3. The summed E-state index contributed by atoms with van der Waals surface area (Å²) >= 11 is 5.89. The molecule has 120 valence electrons. The zero-order valence-corrected chi connectivity index (χ0v) is 13.0. The van der Waals surface area contributed by atoms with E-state index in [9.17, 15) is 14.7 Å². The van der Waals surface area contributed by atoms with Crippen molar-refractivity contribution in [3.63, 3.8) is 0 Å². The van der Waals surface area contributed by atoms with Crippen LogP contribution in [-0.4, -0.2) is 45.2 Å². The Bertz CT molecular complexity index is 733. The van der Waals surface area contributed by atoms with Crippen molar-refractivity contribution in [2.45, 2.75) is 12.1 Å². The molecule has 1 fully saturated rings. The van der Waals surface area contributed by atoms with E-state index < -0.39 is 29.9 Å². The van der Waals surface area contributed by atoms with Gasteiger partial charge in [-0.05, 0) is 5.56 Å². The Morgan fingerprint density at radius 2 is 2.09 bits per heavy atom. The number of H-pyrrole nitrogens is 1. The maximum absolute atomic E-state index is 12.6. The van der Waals surface area contributed by atoms with Crippen LogP contribution in [-0.2, 0) is 9.59 Å². The molecule has 0 radical (unpaired) electrons. The van der Waals surface area contributed by atoms with Crippen LogP contribution in [0.2, 0.25) is 5.02 Å². The van der Waals surface area contributed by atoms with Gasteiger partial charge in [-0.3, -0.25) is 14.7 Å². The molecule has 1 saturated heterocycles. The maximum atomic E-state index is 12.6. The van der Waals surface area contributed by atoms with Crippen molar-refractivity contribution in [2.24, 2.45) is 5.92 Å². The minimum absolute atomic E-state index is 0.234. The van der Waals surface area contributed by atoms with Gasteiger partial charge in [0.15, 0.2) is 0 Å². The van der Waals surface area contributed by atoms with E-state index in [4.69, 9.17) is 11.6 Å². The summed E-state index contributed by atoms with van der Waals surface area (Å²) in [6, 6.07) is 8.56. The molecule has 3 N–H and O–H groups in total. The number of nitrogens with zero attached hydrogens (tertiary/aromatic N) is 2. The maximum Gasteiger partial charge on any atom is 0.252 e. The number of benzene rings is 1. The van der Waals surface area contributed by atoms with Crippen LogP contribution in [0.5, 0.6) is 0 Å². The molecule has 3 atom stereocenters. The summed E-state index contributed by atoms with van der Waals surface area (Å²) in [5.74, 6) is -1.71. The van der Waals surface area contributed by atoms with Gasteiger partial charge in [0, 0.05) is 7.05 Å². The van der Waals surface area contributed by atoms with Crippen LogP contribution < -0.4 is 5.32 Å². The van der Waals surface area contributed by atoms with E-state index >= 15 is 0 Å². The second-order valence-electron chi connectivity index (χ2n) is 5.36. The number of halogens is 1. The first-order valence-corrected chi connectivity index (χ1v) is 7.38. The molecule has 0 aliphatic carbocycles. The molecule has 2 amide bonds. The van der Waals surface area contributed by atoms with Crippen LogP contribution >= 0.6 is 11.6 Å². The minimum Gasteiger partial charge on any atom is -0.382 e. The quantitative estimate of drug-likeness (QED) is 0.785. The molecule has 7 nitrogen and oxygen atoms in total. The standard InChI is InChI=1S/C15H15ClN4O3/c1-20-11(8-5-3-2-4-6-8)10(12(21)15(20)23)14(22)18-13-9(16)7-17-19-13/h2-7,10-12,21H,1H3,(H2,17,18,19,22)/t10-,11-,12-/m1/s1. The molecule has 23 heavy (non-hydrogen) atoms. The number of aromatic amines is 1. The molecule has 1 aromatic carbocycles. The predicted molar refractivity (Wildman–Crippen MR) is 83.7 cm³/mol. The van der Waals surface area contributed by atoms with Crippen LogP contribution in [0.25, 0.3) is 0 Å². The summed E-state index contributed by atoms with van der Waals surface area (Å²) in [6.07, 6.45) is -0.0549. The van der Waals surface area contributed by atoms with Crippen molar-refractivity contribution in [1.29, 1.82) is 0 Å². The third-order valence-corrected chi connectivity index (χ3v) is 4.27. The Balaban J connectivity index is 1.92. The van der Waals surface area contributed by atoms with Crippen LogP contribution in [0.15, 0.2) is 36.5 Å². The van der Waals surface area contributed by atoms with Gasteiger partial charge in [-0.15, -0.1) is 0 Å². The Kier molecular flexibility index (Phi) is 4.06. The second-order valence-corrected chi connectivity index (χ2v) is 5.76. The van der Waals surface area contributed by atoms with Gasteiger partial charge in [-0.2, -0.15) is 5.10 Å². The topological polar surface area (TPSA) is 98.3 Å². The number of aromatic nitrogens is 2. The third kappa shape index (κ3) is 2.69. The van der Waals surface area contributed by atoms with E-state index in [-0.39, 0.29) is 10.8 Å². The summed E-state index contributed by atoms with van der Waals surface area (Å²) in [5, 5.41) is 19.3. The molecule has 0 bridgehead atoms. The average molecular weight is 335 g/mol. The predicted octanol–water partition coefficient (Wildman–Crippen LogP) is 1.19. The molecule has 3 rings (SSSR count). The van der Waals surface area contributed by atoms with Gasteiger partial charge in [-0.1, -0.05) is 41.9 Å². The smallest absolute Gasteiger partial charge is 0.252 e. The van der Waals surface area contributed by atoms with Gasteiger partial charge in [0.1, 0.15) is 16.9 Å². The fraction of sp³-hybridized carbons (Fsp3) is 0.267. The Hall–Kier alpha value is -2.38. The van der Waals surface area contributed by atoms with Gasteiger partial charge < -0.3 is 15.3 Å². The molecular weight excluding hydrogens is 320 g/mol. The normalized spacial score (nSPS) is 24.0. The average Bonchev–Trinajstić information content (AvgIpc) is 3.05. The number of nitrogens with one attached hydrogen (secondary N) is 2. The van der Waals surface area contributed by atoms with Crippen LogP contribution in [0.4, 0.5) is 5.82 Å². The van der Waals surface area contributed by atoms with Crippen molar-refractivity contribution in [2.75, 3.05) is 12.4 Å². The van der Waals surface area contributed by atoms with E-state index in [1.807, 2.05) is 30.3 Å². The summed E-state index contributed by atoms with van der Waals surface area (Å²) in [4.78, 5) is 26.1. The Morgan fingerprint density at radius 3 is 2.70 bits per heavy atom. The van der Waals surface area contributed by atoms with Crippen molar-refractivity contribution in [1.82, 2.24) is 15.1 Å². The monoisotopic (exact) mass is 334 g/mol. The number of aliphatic hydroxyl groups is 1. The minimum atomic E-state index is -1.41. The number of aliphatic hydroxyl groups excluding tert-OH is 1. The molecule has 8 heteroatoms. The van der Waals surface area contributed by atoms with Crippen LogP contribution in [0.3, 0.4) is 0 Å². The first kappa shape index (κ1) is 15.5. The van der Waals surface area contributed by atoms with E-state index in [1.165, 1.54) is 11.1 Å². The fourth-order valence-corrected chi connectivity index (χ4v) is 2.98. The van der Waals surface area contributed by atoms with Crippen molar-refractivity contribution in [3.05, 3.63) is 47.1 Å². The number of likely N-dealkylation sites (N-methyl/N-ethyl adjacent to an activating group) is 1. The highest BCUT2D eigenvalue weighted by molar-refractivity contribution is 6.33. The third-order valence-electron chi connectivity index (χ3n) is 3.98. The van der Waals surface area contributed by atoms with E-state index in [1.54, 1.807) is 7.05 Å². The van der Waals surface area contributed by atoms with Gasteiger partial charge in [0.05, 0.1) is 18.2 Å². The SMILES string of the molecule is CN1C(=O)[C@H](O)[C@H](C(=O)Nc2[nH]ncc2Cl)[C@H]1c1ccccc1. The van der Waals surface area contributed by atoms with Crippen LogP contribution in [0.1, 0.15) is 11.6 Å². The van der Waals surface area contributed by atoms with Gasteiger partial charge in [0.2, 0.25) is 5.91 Å². The van der Waals surface area contributed by atoms with E-state index in [0.29, 0.717) is 0 Å². The lowest BCUT2D eigenvalue weighted by Crippen LogP contribution is -2.34. The van der Waals surface area contributed by atoms with Gasteiger partial charge >= 0.3 is 0 Å². The lowest BCUT2D eigenvalue weighted by Gasteiger charge is -2.24. The van der Waals surface area contributed by atoms with Crippen molar-refractivity contribution in [3.8, 4) is 0 Å². The van der Waals surface area contributed by atoms with Crippen molar-refractivity contribution >= 4 is 29.2 Å². The summed E-state index contributed by atoms with van der Waals surface area (Å²) < 4.78 is 0. The largest absolute Gasteiger partial charge is 0.382 e. The molecule has 0 spiro atoms. The number of carbonyl (C=O) groups excluding carboxylic acids is 2. The second kappa shape index (κ2) is 6.02. The number of hydrogen-bond donors (Lipinski definition) is 3. The van der Waals surface area contributed by atoms with Crippen molar-refractivity contribution < 1.29 is 14.7 Å². The lowest BCUT2D eigenvalue weighted by atomic mass is 9.91. The lowest BCUT2D eigenvalue weighted by molar-refractivity contribution is -0.136. The number of likely N-dealkylation sites (tertiary alicyclic amines) is 1. The number of hydrogen-bond acceptors (Lipinski definition) is 4. The number of carbonyl (C=O) groups is 2. The molecule has 2 heterocycles. The Labute approximate surface area is 137 Å². The zero-order valence-electron chi connectivity index (χ0n) is 12.2. The number of rotatable bonds is 3. The summed E-state index contributed by atoms with van der Waals surface area (Å²) in [7, 11) is 1.57. The highest BCUT2D eigenvalue weighted by atomic mass is 35.5. The van der Waals surface area contributed by atoms with E-state index in [2.05, 4.69) is 15.5 Å². The first-order chi connectivity index (χ1) is 11.0. The van der Waals surface area contributed by atoms with Crippen LogP contribution in [0, 0.1) is 5.92 Å². The number of amides is 2. The summed E-state index contributed by atoms with van der Waals surface area (Å²) in [5.41, 5.74) is 0.774. The molecule has 0 saturated carbocycles. The first-order valence-electron chi connectivity index (χ1n) is 7.00. The van der Waals surface area contributed by atoms with Gasteiger partial charge in [-0.25, -0.2) is 0 Å². The molecule has 1 aliphatic heterocycles. The van der Waals surface area contributed by atoms with E-state index in [0.717, 1.165) is 5.56 Å². The fourth-order valence-electron chi connectivity index (χ4n) is 2.85. The highest BCUT2D eigenvalue weighted by Crippen LogP contribution is 2.38. The highest BCUT2D eigenvalue weighted by Gasteiger charge is 2.50. The molecule has 2 aromatic rings.